The third kappa shape index (κ3) is 4.51. The van der Waals surface area contributed by atoms with Gasteiger partial charge in [-0.15, -0.1) is 10.2 Å². The van der Waals surface area contributed by atoms with Gasteiger partial charge in [-0.3, -0.25) is 0 Å². The number of hydrogen-bond acceptors (Lipinski definition) is 7. The second kappa shape index (κ2) is 7.78. The maximum atomic E-state index is 13.4. The summed E-state index contributed by atoms with van der Waals surface area (Å²) in [4.78, 5) is 3.92. The molecule has 13 heteroatoms. The van der Waals surface area contributed by atoms with E-state index in [-0.39, 0.29) is 42.7 Å². The van der Waals surface area contributed by atoms with Gasteiger partial charge in [-0.25, -0.2) is 22.2 Å². The first-order valence-corrected chi connectivity index (χ1v) is 10.2. The molecule has 0 spiro atoms. The van der Waals surface area contributed by atoms with Crippen LogP contribution in [-0.4, -0.2) is 45.6 Å². The molecule has 0 aromatic carbocycles. The lowest BCUT2D eigenvalue weighted by Crippen LogP contribution is -2.44. The van der Waals surface area contributed by atoms with E-state index in [2.05, 4.69) is 15.2 Å². The summed E-state index contributed by atoms with van der Waals surface area (Å²) in [5.41, 5.74) is 0. The van der Waals surface area contributed by atoms with E-state index < -0.39 is 47.1 Å². The maximum Gasteiger partial charge on any atom is 0.314 e. The van der Waals surface area contributed by atoms with Crippen molar-refractivity contribution in [3.63, 3.8) is 0 Å². The van der Waals surface area contributed by atoms with Crippen molar-refractivity contribution in [2.75, 3.05) is 5.75 Å². The first-order chi connectivity index (χ1) is 13.1. The highest BCUT2D eigenvalue weighted by Gasteiger charge is 2.40. The Balaban J connectivity index is 1.79. The van der Waals surface area contributed by atoms with Crippen molar-refractivity contribution in [2.45, 2.75) is 57.5 Å². The van der Waals surface area contributed by atoms with Crippen LogP contribution in [0.3, 0.4) is 0 Å². The van der Waals surface area contributed by atoms with Crippen LogP contribution >= 0.6 is 0 Å². The van der Waals surface area contributed by atoms with Gasteiger partial charge in [-0.2, -0.15) is 13.1 Å². The Labute approximate surface area is 158 Å². The number of sulfonamides is 1. The molecule has 0 radical (unpaired) electrons. The fourth-order valence-corrected chi connectivity index (χ4v) is 4.28. The summed E-state index contributed by atoms with van der Waals surface area (Å²) >= 11 is 0. The van der Waals surface area contributed by atoms with Crippen molar-refractivity contribution in [1.82, 2.24) is 19.5 Å². The molecule has 2 aromatic rings. The zero-order valence-corrected chi connectivity index (χ0v) is 15.6. The van der Waals surface area contributed by atoms with Crippen molar-refractivity contribution >= 4 is 10.0 Å². The molecule has 0 unspecified atom stereocenters. The molecule has 2 aromatic heterocycles. The van der Waals surface area contributed by atoms with Crippen LogP contribution in [0, 0.1) is 0 Å². The summed E-state index contributed by atoms with van der Waals surface area (Å²) in [5.74, 6) is -4.36. The van der Waals surface area contributed by atoms with Gasteiger partial charge in [-0.1, -0.05) is 0 Å². The Morgan fingerprint density at radius 3 is 2.50 bits per heavy atom. The molecule has 28 heavy (non-hydrogen) atoms. The van der Waals surface area contributed by atoms with Crippen molar-refractivity contribution in [1.29, 1.82) is 0 Å². The molecule has 0 atom stereocenters. The first-order valence-electron chi connectivity index (χ1n) is 8.55. The summed E-state index contributed by atoms with van der Waals surface area (Å²) < 4.78 is 88.1. The van der Waals surface area contributed by atoms with Crippen LogP contribution in [-0.2, 0) is 16.6 Å². The Morgan fingerprint density at radius 2 is 1.93 bits per heavy atom. The minimum Gasteiger partial charge on any atom is -0.434 e. The molecular weight excluding hydrogens is 408 g/mol. The minimum absolute atomic E-state index is 0.0151. The van der Waals surface area contributed by atoms with Gasteiger partial charge in [0.15, 0.2) is 0 Å². The van der Waals surface area contributed by atoms with Crippen molar-refractivity contribution in [3.05, 3.63) is 18.0 Å². The monoisotopic (exact) mass is 426 g/mol. The van der Waals surface area contributed by atoms with E-state index in [1.807, 2.05) is 0 Å². The zero-order valence-electron chi connectivity index (χ0n) is 14.8. The summed E-state index contributed by atoms with van der Waals surface area (Å²) in [6, 6.07) is -0.603. The van der Waals surface area contributed by atoms with Crippen LogP contribution < -0.4 is 0 Å². The van der Waals surface area contributed by atoms with E-state index in [0.29, 0.717) is 0 Å². The third-order valence-electron chi connectivity index (χ3n) is 4.50. The smallest absolute Gasteiger partial charge is 0.314 e. The van der Waals surface area contributed by atoms with Gasteiger partial charge < -0.3 is 8.83 Å². The second-order valence-electron chi connectivity index (χ2n) is 6.40. The number of aromatic nitrogens is 3. The lowest BCUT2D eigenvalue weighted by molar-refractivity contribution is -0.0474. The average molecular weight is 426 g/mol. The molecule has 0 aliphatic heterocycles. The third-order valence-corrected chi connectivity index (χ3v) is 6.37. The van der Waals surface area contributed by atoms with E-state index >= 15 is 0 Å². The van der Waals surface area contributed by atoms with Gasteiger partial charge in [-0.05, 0) is 19.8 Å². The molecule has 8 nitrogen and oxygen atoms in total. The highest BCUT2D eigenvalue weighted by Crippen LogP contribution is 2.36. The molecule has 1 aliphatic carbocycles. The number of oxazole rings is 1. The number of hydrogen-bond donors (Lipinski definition) is 0. The van der Waals surface area contributed by atoms with Crippen molar-refractivity contribution in [2.24, 2.45) is 0 Å². The topological polar surface area (TPSA) is 102 Å². The summed E-state index contributed by atoms with van der Waals surface area (Å²) in [5, 5.41) is 6.60. The predicted octanol–water partition coefficient (Wildman–Crippen LogP) is 3.39. The van der Waals surface area contributed by atoms with Crippen LogP contribution in [0.15, 0.2) is 15.0 Å². The molecule has 0 N–H and O–H groups in total. The summed E-state index contributed by atoms with van der Waals surface area (Å²) in [7, 11) is -3.72. The molecule has 0 amide bonds. The molecule has 0 bridgehead atoms. The van der Waals surface area contributed by atoms with E-state index in [1.54, 1.807) is 0 Å². The molecule has 0 saturated heterocycles. The summed E-state index contributed by atoms with van der Waals surface area (Å²) in [6.45, 7) is 1.17. The lowest BCUT2D eigenvalue weighted by atomic mass is 9.92. The van der Waals surface area contributed by atoms with E-state index in [1.165, 1.54) is 6.92 Å². The fourth-order valence-electron chi connectivity index (χ4n) is 2.97. The zero-order chi connectivity index (χ0) is 20.5. The number of nitrogens with zero attached hydrogens (tertiary/aromatic N) is 4. The van der Waals surface area contributed by atoms with E-state index in [4.69, 9.17) is 8.83 Å². The lowest BCUT2D eigenvalue weighted by Gasteiger charge is -2.35. The fraction of sp³-hybridized carbons (Fsp3) is 0.667. The van der Waals surface area contributed by atoms with Crippen LogP contribution in [0.2, 0.25) is 0 Å². The Hall–Kier alpha value is -2.02. The van der Waals surface area contributed by atoms with Gasteiger partial charge in [0.1, 0.15) is 0 Å². The van der Waals surface area contributed by atoms with Crippen molar-refractivity contribution < 1.29 is 34.8 Å². The molecule has 156 valence electrons. The van der Waals surface area contributed by atoms with Crippen LogP contribution in [0.1, 0.15) is 50.8 Å². The van der Waals surface area contributed by atoms with Gasteiger partial charge in [0.2, 0.25) is 27.6 Å². The standard InChI is InChI=1S/C15H18F4N4O4S/c1-2-28(24,25)23(9-3-5-15(18,19)6-4-9)8-11-20-7-10(26-11)13-21-22-14(27-13)12(16)17/h7,9,12H,2-6,8H2,1H3. The average Bonchev–Trinajstić information content (AvgIpc) is 3.29. The van der Waals surface area contributed by atoms with Crippen LogP contribution in [0.25, 0.3) is 11.7 Å². The Morgan fingerprint density at radius 1 is 1.25 bits per heavy atom. The normalized spacial score (nSPS) is 18.2. The van der Waals surface area contributed by atoms with E-state index in [9.17, 15) is 26.0 Å². The highest BCUT2D eigenvalue weighted by molar-refractivity contribution is 7.89. The Kier molecular flexibility index (Phi) is 5.75. The van der Waals surface area contributed by atoms with Crippen LogP contribution in [0.5, 0.6) is 0 Å². The number of rotatable bonds is 7. The van der Waals surface area contributed by atoms with Gasteiger partial charge in [0.25, 0.3) is 11.8 Å². The predicted molar refractivity (Wildman–Crippen MR) is 87.0 cm³/mol. The van der Waals surface area contributed by atoms with Crippen molar-refractivity contribution in [3.8, 4) is 11.7 Å². The second-order valence-corrected chi connectivity index (χ2v) is 8.61. The SMILES string of the molecule is CCS(=O)(=O)N(Cc1ncc(-c2nnc(C(F)F)o2)o1)C1CCC(F)(F)CC1. The maximum absolute atomic E-state index is 13.4. The first kappa shape index (κ1) is 20.7. The highest BCUT2D eigenvalue weighted by atomic mass is 32.2. The Bertz CT molecular complexity index is 905. The molecule has 2 heterocycles. The minimum atomic E-state index is -3.72. The molecule has 3 rings (SSSR count). The number of halogens is 4. The molecular formula is C15H18F4N4O4S. The van der Waals surface area contributed by atoms with Gasteiger partial charge in [0, 0.05) is 18.9 Å². The van der Waals surface area contributed by atoms with Gasteiger partial charge in [0.05, 0.1) is 18.5 Å². The number of alkyl halides is 4. The molecule has 1 saturated carbocycles. The summed E-state index contributed by atoms with van der Waals surface area (Å²) in [6.07, 6.45) is -2.57. The van der Waals surface area contributed by atoms with Crippen LogP contribution in [0.4, 0.5) is 17.6 Å². The quantitative estimate of drug-likeness (QED) is 0.625. The van der Waals surface area contributed by atoms with E-state index in [0.717, 1.165) is 10.5 Å². The van der Waals surface area contributed by atoms with Gasteiger partial charge >= 0.3 is 6.43 Å². The largest absolute Gasteiger partial charge is 0.434 e. The molecule has 1 aliphatic rings. The molecule has 1 fully saturated rings.